The second-order valence-corrected chi connectivity index (χ2v) is 2.88. The van der Waals surface area contributed by atoms with Crippen LogP contribution in [0.4, 0.5) is 5.69 Å². The molecule has 13 heavy (non-hydrogen) atoms. The number of aryl methyl sites for hydroxylation is 1. The Morgan fingerprint density at radius 1 is 1.38 bits per heavy atom. The summed E-state index contributed by atoms with van der Waals surface area (Å²) in [5.41, 5.74) is 2.94. The first-order valence-corrected chi connectivity index (χ1v) is 4.64. The topological polar surface area (TPSA) is 29.1 Å². The van der Waals surface area contributed by atoms with Crippen LogP contribution in [-0.4, -0.2) is 12.8 Å². The highest BCUT2D eigenvalue weighted by atomic mass is 16.1. The van der Waals surface area contributed by atoms with E-state index in [1.54, 1.807) is 0 Å². The Bertz CT molecular complexity index is 294. The third-order valence-corrected chi connectivity index (χ3v) is 2.04. The molecule has 0 saturated heterocycles. The zero-order valence-corrected chi connectivity index (χ0v) is 8.13. The van der Waals surface area contributed by atoms with E-state index in [-0.39, 0.29) is 0 Å². The molecule has 1 aromatic carbocycles. The van der Waals surface area contributed by atoms with Crippen LogP contribution in [0.5, 0.6) is 0 Å². The van der Waals surface area contributed by atoms with E-state index in [1.807, 2.05) is 25.1 Å². The van der Waals surface area contributed by atoms with Crippen LogP contribution in [0.25, 0.3) is 0 Å². The molecule has 0 aliphatic heterocycles. The largest absolute Gasteiger partial charge is 0.385 e. The van der Waals surface area contributed by atoms with Crippen LogP contribution in [0, 0.1) is 0 Å². The molecule has 70 valence electrons. The number of benzene rings is 1. The summed E-state index contributed by atoms with van der Waals surface area (Å²) >= 11 is 0. The molecular weight excluding hydrogens is 162 g/mol. The minimum atomic E-state index is 0.751. The van der Waals surface area contributed by atoms with Crippen molar-refractivity contribution in [3.63, 3.8) is 0 Å². The van der Waals surface area contributed by atoms with E-state index in [2.05, 4.69) is 12.2 Å². The third kappa shape index (κ3) is 2.08. The van der Waals surface area contributed by atoms with Gasteiger partial charge in [-0.1, -0.05) is 19.1 Å². The molecule has 0 unspecified atom stereocenters. The summed E-state index contributed by atoms with van der Waals surface area (Å²) in [6, 6.07) is 5.80. The van der Waals surface area contributed by atoms with Crippen LogP contribution in [0.1, 0.15) is 29.8 Å². The second-order valence-electron chi connectivity index (χ2n) is 2.88. The van der Waals surface area contributed by atoms with Crippen molar-refractivity contribution in [2.45, 2.75) is 20.3 Å². The van der Waals surface area contributed by atoms with E-state index in [9.17, 15) is 4.79 Å². The van der Waals surface area contributed by atoms with Crippen molar-refractivity contribution in [2.75, 3.05) is 11.9 Å². The van der Waals surface area contributed by atoms with Gasteiger partial charge in [0.05, 0.1) is 0 Å². The van der Waals surface area contributed by atoms with E-state index in [1.165, 1.54) is 5.56 Å². The van der Waals surface area contributed by atoms with Gasteiger partial charge in [0.25, 0.3) is 0 Å². The summed E-state index contributed by atoms with van der Waals surface area (Å²) in [6.45, 7) is 4.96. The van der Waals surface area contributed by atoms with Crippen molar-refractivity contribution in [3.8, 4) is 0 Å². The number of anilines is 1. The average molecular weight is 177 g/mol. The number of aldehydes is 1. The summed E-state index contributed by atoms with van der Waals surface area (Å²) in [6.07, 6.45) is 1.85. The molecule has 2 nitrogen and oxygen atoms in total. The standard InChI is InChI=1S/C11H15NO/c1-3-9-6-5-7-10(8-13)11(9)12-4-2/h5-8,12H,3-4H2,1-2H3. The first kappa shape index (κ1) is 9.78. The first-order chi connectivity index (χ1) is 6.33. The van der Waals surface area contributed by atoms with Crippen molar-refractivity contribution in [1.82, 2.24) is 0 Å². The summed E-state index contributed by atoms with van der Waals surface area (Å²) < 4.78 is 0. The molecule has 0 aliphatic carbocycles. The maximum absolute atomic E-state index is 10.7. The molecule has 0 spiro atoms. The maximum atomic E-state index is 10.7. The predicted octanol–water partition coefficient (Wildman–Crippen LogP) is 2.49. The molecule has 1 N–H and O–H groups in total. The van der Waals surface area contributed by atoms with E-state index < -0.39 is 0 Å². The minimum Gasteiger partial charge on any atom is -0.385 e. The molecular formula is C11H15NO. The lowest BCUT2D eigenvalue weighted by molar-refractivity contribution is 0.112. The van der Waals surface area contributed by atoms with Gasteiger partial charge in [0.2, 0.25) is 0 Å². The van der Waals surface area contributed by atoms with Crippen molar-refractivity contribution < 1.29 is 4.79 Å². The van der Waals surface area contributed by atoms with Crippen LogP contribution in [0.2, 0.25) is 0 Å². The molecule has 0 atom stereocenters. The second kappa shape index (κ2) is 4.65. The lowest BCUT2D eigenvalue weighted by atomic mass is 10.1. The third-order valence-electron chi connectivity index (χ3n) is 2.04. The monoisotopic (exact) mass is 177 g/mol. The van der Waals surface area contributed by atoms with E-state index in [4.69, 9.17) is 0 Å². The average Bonchev–Trinajstić information content (AvgIpc) is 2.18. The number of nitrogens with one attached hydrogen (secondary N) is 1. The molecule has 1 aromatic rings. The Balaban J connectivity index is 3.12. The highest BCUT2D eigenvalue weighted by Crippen LogP contribution is 2.19. The Morgan fingerprint density at radius 2 is 2.15 bits per heavy atom. The van der Waals surface area contributed by atoms with Gasteiger partial charge in [-0.3, -0.25) is 4.79 Å². The fourth-order valence-corrected chi connectivity index (χ4v) is 1.41. The molecule has 0 amide bonds. The smallest absolute Gasteiger partial charge is 0.152 e. The Kier molecular flexibility index (Phi) is 3.50. The molecule has 0 fully saturated rings. The number of rotatable bonds is 4. The zero-order valence-electron chi connectivity index (χ0n) is 8.13. The Morgan fingerprint density at radius 3 is 2.69 bits per heavy atom. The van der Waals surface area contributed by atoms with Crippen molar-refractivity contribution in [2.24, 2.45) is 0 Å². The molecule has 2 heteroatoms. The summed E-state index contributed by atoms with van der Waals surface area (Å²) in [5.74, 6) is 0. The lowest BCUT2D eigenvalue weighted by Gasteiger charge is -2.11. The van der Waals surface area contributed by atoms with Gasteiger partial charge in [0.15, 0.2) is 6.29 Å². The highest BCUT2D eigenvalue weighted by molar-refractivity contribution is 5.85. The van der Waals surface area contributed by atoms with Gasteiger partial charge in [-0.05, 0) is 25.0 Å². The SMILES string of the molecule is CCNc1c(C=O)cccc1CC. The summed E-state index contributed by atoms with van der Waals surface area (Å²) in [5, 5.41) is 3.22. The van der Waals surface area contributed by atoms with Crippen LogP contribution >= 0.6 is 0 Å². The van der Waals surface area contributed by atoms with Gasteiger partial charge in [0, 0.05) is 17.8 Å². The summed E-state index contributed by atoms with van der Waals surface area (Å²) in [7, 11) is 0. The molecule has 0 aliphatic rings. The molecule has 0 aromatic heterocycles. The van der Waals surface area contributed by atoms with Gasteiger partial charge in [-0.25, -0.2) is 0 Å². The van der Waals surface area contributed by atoms with Crippen LogP contribution < -0.4 is 5.32 Å². The molecule has 0 saturated carbocycles. The highest BCUT2D eigenvalue weighted by Gasteiger charge is 2.04. The number of carbonyl (C=O) groups excluding carboxylic acids is 1. The Labute approximate surface area is 79.0 Å². The van der Waals surface area contributed by atoms with Crippen LogP contribution in [0.15, 0.2) is 18.2 Å². The van der Waals surface area contributed by atoms with Crippen molar-refractivity contribution in [1.29, 1.82) is 0 Å². The van der Waals surface area contributed by atoms with Gasteiger partial charge in [-0.15, -0.1) is 0 Å². The van der Waals surface area contributed by atoms with E-state index in [0.29, 0.717) is 0 Å². The number of carbonyl (C=O) groups is 1. The Hall–Kier alpha value is -1.31. The summed E-state index contributed by atoms with van der Waals surface area (Å²) in [4.78, 5) is 10.7. The quantitative estimate of drug-likeness (QED) is 0.716. The number of para-hydroxylation sites is 1. The molecule has 0 bridgehead atoms. The van der Waals surface area contributed by atoms with E-state index >= 15 is 0 Å². The van der Waals surface area contributed by atoms with Crippen LogP contribution in [0.3, 0.4) is 0 Å². The first-order valence-electron chi connectivity index (χ1n) is 4.64. The molecule has 0 heterocycles. The van der Waals surface area contributed by atoms with Crippen LogP contribution in [-0.2, 0) is 6.42 Å². The predicted molar refractivity (Wildman–Crippen MR) is 55.4 cm³/mol. The maximum Gasteiger partial charge on any atom is 0.152 e. The van der Waals surface area contributed by atoms with E-state index in [0.717, 1.165) is 30.5 Å². The van der Waals surface area contributed by atoms with Gasteiger partial charge < -0.3 is 5.32 Å². The minimum absolute atomic E-state index is 0.751. The fraction of sp³-hybridized carbons (Fsp3) is 0.364. The molecule has 1 rings (SSSR count). The van der Waals surface area contributed by atoms with Gasteiger partial charge in [0.1, 0.15) is 0 Å². The number of hydrogen-bond acceptors (Lipinski definition) is 2. The van der Waals surface area contributed by atoms with Gasteiger partial charge >= 0.3 is 0 Å². The van der Waals surface area contributed by atoms with Gasteiger partial charge in [-0.2, -0.15) is 0 Å². The zero-order chi connectivity index (χ0) is 9.68. The van der Waals surface area contributed by atoms with Crippen molar-refractivity contribution >= 4 is 12.0 Å². The van der Waals surface area contributed by atoms with Crippen molar-refractivity contribution in [3.05, 3.63) is 29.3 Å². The molecule has 0 radical (unpaired) electrons. The lowest BCUT2D eigenvalue weighted by Crippen LogP contribution is -2.03. The fourth-order valence-electron chi connectivity index (χ4n) is 1.41. The normalized spacial score (nSPS) is 9.69. The number of hydrogen-bond donors (Lipinski definition) is 1.